The Labute approximate surface area is 338 Å². The van der Waals surface area contributed by atoms with Crippen LogP contribution in [0.25, 0.3) is 0 Å². The van der Waals surface area contributed by atoms with Gasteiger partial charge < -0.3 is 35.8 Å². The van der Waals surface area contributed by atoms with Crippen LogP contribution in [0.2, 0.25) is 0 Å². The van der Waals surface area contributed by atoms with Crippen LogP contribution < -0.4 is 21.3 Å². The van der Waals surface area contributed by atoms with Crippen molar-refractivity contribution >= 4 is 41.4 Å². The first-order chi connectivity index (χ1) is 27.2. The second-order valence-corrected chi connectivity index (χ2v) is 16.9. The summed E-state index contributed by atoms with van der Waals surface area (Å²) in [5.41, 5.74) is -2.31. The Morgan fingerprint density at radius 2 is 1.50 bits per heavy atom. The van der Waals surface area contributed by atoms with Crippen LogP contribution in [0.1, 0.15) is 104 Å². The summed E-state index contributed by atoms with van der Waals surface area (Å²) < 4.78 is 45.6. The van der Waals surface area contributed by atoms with Gasteiger partial charge in [0.25, 0.3) is 5.91 Å². The molecule has 3 aliphatic rings. The topological polar surface area (TPSA) is 183 Å². The summed E-state index contributed by atoms with van der Waals surface area (Å²) >= 11 is 0. The number of ether oxygens (including phenoxy) is 1. The molecule has 0 radical (unpaired) electrons. The number of nitrogens with zero attached hydrogens (tertiary/aromatic N) is 2. The molecule has 4 rings (SSSR count). The summed E-state index contributed by atoms with van der Waals surface area (Å²) in [6, 6.07) is 3.83. The average Bonchev–Trinajstić information content (AvgIpc) is 3.61. The minimum Gasteiger partial charge on any atom is -0.434 e. The normalized spacial score (nSPS) is 20.6. The lowest BCUT2D eigenvalue weighted by atomic mass is 9.80. The predicted octanol–water partition coefficient (Wildman–Crippen LogP) is 4.18. The zero-order valence-electron chi connectivity index (χ0n) is 34.3. The van der Waals surface area contributed by atoms with Gasteiger partial charge in [0.05, 0.1) is 12.6 Å². The van der Waals surface area contributed by atoms with Crippen molar-refractivity contribution in [2.45, 2.75) is 128 Å². The summed E-state index contributed by atoms with van der Waals surface area (Å²) in [5.74, 6) is -5.06. The summed E-state index contributed by atoms with van der Waals surface area (Å²) in [6.45, 7) is 4.79. The predicted molar refractivity (Wildman–Crippen MR) is 206 cm³/mol. The quantitative estimate of drug-likeness (QED) is 0.179. The van der Waals surface area contributed by atoms with E-state index in [0.717, 1.165) is 38.5 Å². The Bertz CT molecular complexity index is 1650. The number of halogens is 3. The highest BCUT2D eigenvalue weighted by Gasteiger charge is 2.52. The van der Waals surface area contributed by atoms with Gasteiger partial charge in [0.2, 0.25) is 35.0 Å². The fraction of sp³-hybridized carbons (Fsp3) is 0.683. The van der Waals surface area contributed by atoms with Crippen LogP contribution in [0.5, 0.6) is 0 Å². The van der Waals surface area contributed by atoms with E-state index in [2.05, 4.69) is 21.3 Å². The third-order valence-electron chi connectivity index (χ3n) is 11.7. The smallest absolute Gasteiger partial charge is 0.427 e. The summed E-state index contributed by atoms with van der Waals surface area (Å²) in [5, 5.41) is 10.1. The second kappa shape index (κ2) is 19.8. The molecule has 14 nitrogen and oxygen atoms in total. The van der Waals surface area contributed by atoms with Crippen molar-refractivity contribution in [2.24, 2.45) is 23.7 Å². The molecule has 1 heterocycles. The van der Waals surface area contributed by atoms with Crippen molar-refractivity contribution in [3.63, 3.8) is 0 Å². The summed E-state index contributed by atoms with van der Waals surface area (Å²) in [7, 11) is 3.08. The first-order valence-electron chi connectivity index (χ1n) is 20.2. The number of likely N-dealkylation sites (N-methyl/N-ethyl adjacent to an activating group) is 1. The van der Waals surface area contributed by atoms with E-state index < -0.39 is 89.8 Å². The third kappa shape index (κ3) is 11.9. The van der Waals surface area contributed by atoms with E-state index in [1.165, 1.54) is 23.9 Å². The molecule has 1 saturated heterocycles. The average molecular weight is 821 g/mol. The van der Waals surface area contributed by atoms with Crippen LogP contribution in [0.4, 0.5) is 18.0 Å². The Hall–Kier alpha value is -4.70. The molecule has 3 fully saturated rings. The van der Waals surface area contributed by atoms with Gasteiger partial charge in [0, 0.05) is 20.6 Å². The van der Waals surface area contributed by atoms with Crippen molar-refractivity contribution in [1.29, 1.82) is 0 Å². The molecular formula is C41H59F3N6O8. The van der Waals surface area contributed by atoms with Gasteiger partial charge in [-0.15, -0.1) is 0 Å². The highest BCUT2D eigenvalue weighted by atomic mass is 19.4. The van der Waals surface area contributed by atoms with Crippen LogP contribution in [0, 0.1) is 23.7 Å². The van der Waals surface area contributed by atoms with E-state index in [4.69, 9.17) is 4.74 Å². The number of amides is 6. The number of hydrogen-bond acceptors (Lipinski definition) is 8. The highest BCUT2D eigenvalue weighted by molar-refractivity contribution is 6.38. The first kappa shape index (κ1) is 46.0. The Balaban J connectivity index is 1.50. The molecule has 1 aromatic carbocycles. The van der Waals surface area contributed by atoms with Gasteiger partial charge in [-0.05, 0) is 68.8 Å². The molecule has 1 aromatic rings. The van der Waals surface area contributed by atoms with Crippen LogP contribution in [0.15, 0.2) is 30.3 Å². The number of hydrogen-bond donors (Lipinski definition) is 4. The maximum atomic E-state index is 14.4. The molecule has 1 unspecified atom stereocenters. The molecule has 6 amide bonds. The molecule has 0 aromatic heterocycles. The molecular weight excluding hydrogens is 761 g/mol. The standard InChI is InChI=1S/C41H59F3N6O8/c1-24(2)28-21-30(50(23-28)38(56)33(27-18-11-8-12-19-27)48-39(57)58-40(3,4)41(42,43)44)35(53)46-29(20-25-14-13-15-25)34(52)36(54)45-22-31(51)47-32(37(55)49(5)6)26-16-9-7-10-17-26/h7,9-10,16-17,24-25,27-30,32-33H,8,11-15,18-23H2,1-6H3,(H,45,54)(H,46,53)(H,47,51)(H,48,57)/t28-,29?,30+,32+,33+/m1/s1. The van der Waals surface area contributed by atoms with Gasteiger partial charge in [-0.25, -0.2) is 4.79 Å². The largest absolute Gasteiger partial charge is 0.434 e. The van der Waals surface area contributed by atoms with Gasteiger partial charge in [-0.1, -0.05) is 82.7 Å². The zero-order chi connectivity index (χ0) is 42.9. The number of Topliss-reactive ketones (excluding diaryl/α,β-unsaturated/α-hetero) is 1. The lowest BCUT2D eigenvalue weighted by Gasteiger charge is -2.36. The second-order valence-electron chi connectivity index (χ2n) is 16.9. The van der Waals surface area contributed by atoms with Gasteiger partial charge >= 0.3 is 12.3 Å². The van der Waals surface area contributed by atoms with Crippen molar-refractivity contribution in [3.05, 3.63) is 35.9 Å². The maximum Gasteiger partial charge on any atom is 0.427 e. The van der Waals surface area contributed by atoms with E-state index in [-0.39, 0.29) is 37.1 Å². The molecule has 1 aliphatic heterocycles. The fourth-order valence-electron chi connectivity index (χ4n) is 7.69. The Morgan fingerprint density at radius 1 is 0.862 bits per heavy atom. The van der Waals surface area contributed by atoms with Gasteiger partial charge in [-0.3, -0.25) is 28.8 Å². The van der Waals surface area contributed by atoms with Crippen molar-refractivity contribution in [3.8, 4) is 0 Å². The van der Waals surface area contributed by atoms with Gasteiger partial charge in [0.1, 0.15) is 18.1 Å². The number of nitrogens with one attached hydrogen (secondary N) is 4. The molecule has 322 valence electrons. The molecule has 2 aliphatic carbocycles. The van der Waals surface area contributed by atoms with E-state index >= 15 is 0 Å². The van der Waals surface area contributed by atoms with Crippen molar-refractivity contribution in [1.82, 2.24) is 31.1 Å². The molecule has 2 saturated carbocycles. The fourth-order valence-corrected chi connectivity index (χ4v) is 7.69. The summed E-state index contributed by atoms with van der Waals surface area (Å²) in [6.07, 6.45) is 0.0106. The molecule has 0 spiro atoms. The molecule has 0 bridgehead atoms. The first-order valence-corrected chi connectivity index (χ1v) is 20.2. The number of alkyl carbamates (subject to hydrolysis) is 1. The van der Waals surface area contributed by atoms with Crippen LogP contribution in [0.3, 0.4) is 0 Å². The number of ketones is 1. The van der Waals surface area contributed by atoms with E-state index in [1.807, 2.05) is 13.8 Å². The number of carbonyl (C=O) groups is 7. The van der Waals surface area contributed by atoms with E-state index in [9.17, 15) is 46.7 Å². The molecule has 58 heavy (non-hydrogen) atoms. The maximum absolute atomic E-state index is 14.4. The summed E-state index contributed by atoms with van der Waals surface area (Å²) in [4.78, 5) is 97.0. The van der Waals surface area contributed by atoms with Crippen LogP contribution in [-0.2, 0) is 33.5 Å². The number of benzene rings is 1. The van der Waals surface area contributed by atoms with Crippen molar-refractivity contribution < 1.29 is 51.5 Å². The van der Waals surface area contributed by atoms with Crippen molar-refractivity contribution in [2.75, 3.05) is 27.2 Å². The van der Waals surface area contributed by atoms with Gasteiger partial charge in [-0.2, -0.15) is 13.2 Å². The van der Waals surface area contributed by atoms with Crippen LogP contribution in [-0.4, -0.2) is 108 Å². The SMILES string of the molecule is CC(C)[C@@H]1C[C@@H](C(=O)NC(CC2CCC2)C(=O)C(=O)NCC(=O)N[C@H](C(=O)N(C)C)c2ccccc2)N(C(=O)[C@@H](NC(=O)OC(C)(C)C(F)(F)F)C2CCCCC2)C1. The number of rotatable bonds is 16. The highest BCUT2D eigenvalue weighted by Crippen LogP contribution is 2.36. The minimum absolute atomic E-state index is 0.0191. The van der Waals surface area contributed by atoms with E-state index in [1.54, 1.807) is 30.3 Å². The Morgan fingerprint density at radius 3 is 2.05 bits per heavy atom. The molecule has 17 heteroatoms. The lowest BCUT2D eigenvalue weighted by Crippen LogP contribution is -2.59. The lowest BCUT2D eigenvalue weighted by molar-refractivity contribution is -0.244. The van der Waals surface area contributed by atoms with E-state index in [0.29, 0.717) is 32.3 Å². The Kier molecular flexibility index (Phi) is 15.7. The van der Waals surface area contributed by atoms with Gasteiger partial charge in [0.15, 0.2) is 0 Å². The van der Waals surface area contributed by atoms with Crippen LogP contribution >= 0.6 is 0 Å². The monoisotopic (exact) mass is 820 g/mol. The minimum atomic E-state index is -4.87. The number of carbonyl (C=O) groups excluding carboxylic acids is 7. The number of alkyl halides is 3. The third-order valence-corrected chi connectivity index (χ3v) is 11.7. The molecule has 5 atom stereocenters. The number of likely N-dealkylation sites (tertiary alicyclic amines) is 1. The zero-order valence-corrected chi connectivity index (χ0v) is 34.3. The molecule has 4 N–H and O–H groups in total.